The van der Waals surface area contributed by atoms with Crippen molar-refractivity contribution in [3.63, 3.8) is 0 Å². The van der Waals surface area contributed by atoms with Crippen LogP contribution in [0.15, 0.2) is 83.8 Å². The Hall–Kier alpha value is -3.20. The van der Waals surface area contributed by atoms with Gasteiger partial charge in [-0.25, -0.2) is 13.1 Å². The van der Waals surface area contributed by atoms with Gasteiger partial charge in [0.05, 0.1) is 4.90 Å². The Labute approximate surface area is 201 Å². The van der Waals surface area contributed by atoms with Crippen LogP contribution in [0, 0.1) is 0 Å². The molecule has 1 aliphatic rings. The van der Waals surface area contributed by atoms with Crippen LogP contribution < -0.4 is 14.9 Å². The fourth-order valence-corrected chi connectivity index (χ4v) is 5.06. The van der Waals surface area contributed by atoms with Gasteiger partial charge in [-0.05, 0) is 54.1 Å². The minimum absolute atomic E-state index is 0.138. The molecule has 3 aromatic carbocycles. The first-order chi connectivity index (χ1) is 16.4. The van der Waals surface area contributed by atoms with Crippen molar-refractivity contribution in [1.29, 1.82) is 0 Å². The molecule has 2 N–H and O–H groups in total. The van der Waals surface area contributed by atoms with Crippen molar-refractivity contribution in [2.75, 3.05) is 42.9 Å². The summed E-state index contributed by atoms with van der Waals surface area (Å²) in [5.41, 5.74) is 3.56. The van der Waals surface area contributed by atoms with Gasteiger partial charge in [0.1, 0.15) is 0 Å². The third-order valence-corrected chi connectivity index (χ3v) is 7.43. The first-order valence-electron chi connectivity index (χ1n) is 11.5. The van der Waals surface area contributed by atoms with Crippen LogP contribution in [0.25, 0.3) is 0 Å². The van der Waals surface area contributed by atoms with Crippen molar-refractivity contribution in [2.45, 2.75) is 18.4 Å². The van der Waals surface area contributed by atoms with E-state index in [1.54, 1.807) is 6.92 Å². The zero-order chi connectivity index (χ0) is 24.0. The standard InChI is InChI=1S/C26H30N4O3S/c1-2-27-34(32,33)25-14-8-22(9-15-25)26(31)28-23-10-12-24(13-11-23)30-18-16-29(17-19-30)20-21-6-4-3-5-7-21/h3-15,27H,2,16-20H2,1H3,(H,28,31). The SMILES string of the molecule is CCNS(=O)(=O)c1ccc(C(=O)Nc2ccc(N3CCN(Cc4ccccc4)CC3)cc2)cc1. The molecule has 0 aromatic heterocycles. The second kappa shape index (κ2) is 10.8. The molecule has 34 heavy (non-hydrogen) atoms. The van der Waals surface area contributed by atoms with Gasteiger partial charge in [0.15, 0.2) is 0 Å². The van der Waals surface area contributed by atoms with Crippen LogP contribution in [0.4, 0.5) is 11.4 Å². The maximum absolute atomic E-state index is 12.6. The number of benzene rings is 3. The molecule has 0 radical (unpaired) electrons. The van der Waals surface area contributed by atoms with Gasteiger partial charge in [-0.15, -0.1) is 0 Å². The molecule has 1 amide bonds. The van der Waals surface area contributed by atoms with Crippen molar-refractivity contribution in [3.8, 4) is 0 Å². The van der Waals surface area contributed by atoms with Crippen LogP contribution in [0.5, 0.6) is 0 Å². The maximum Gasteiger partial charge on any atom is 0.255 e. The molecule has 0 aliphatic carbocycles. The molecule has 1 fully saturated rings. The van der Waals surface area contributed by atoms with E-state index in [0.717, 1.165) is 38.4 Å². The van der Waals surface area contributed by atoms with Crippen molar-refractivity contribution in [2.24, 2.45) is 0 Å². The number of rotatable bonds is 8. The molecular weight excluding hydrogens is 448 g/mol. The highest BCUT2D eigenvalue weighted by molar-refractivity contribution is 7.89. The Morgan fingerprint density at radius 3 is 2.12 bits per heavy atom. The first-order valence-corrected chi connectivity index (χ1v) is 13.0. The number of carbonyl (C=O) groups is 1. The minimum atomic E-state index is -3.54. The Kier molecular flexibility index (Phi) is 7.62. The molecule has 0 atom stereocenters. The van der Waals surface area contributed by atoms with Gasteiger partial charge in [0.25, 0.3) is 5.91 Å². The highest BCUT2D eigenvalue weighted by Gasteiger charge is 2.18. The Morgan fingerprint density at radius 1 is 0.853 bits per heavy atom. The third-order valence-electron chi connectivity index (χ3n) is 5.87. The van der Waals surface area contributed by atoms with Crippen molar-refractivity contribution < 1.29 is 13.2 Å². The molecule has 4 rings (SSSR count). The molecule has 7 nitrogen and oxygen atoms in total. The first kappa shape index (κ1) is 23.9. The predicted molar refractivity (Wildman–Crippen MR) is 136 cm³/mol. The van der Waals surface area contributed by atoms with E-state index in [0.29, 0.717) is 17.8 Å². The summed E-state index contributed by atoms with van der Waals surface area (Å²) in [5.74, 6) is -0.283. The number of amides is 1. The number of hydrogen-bond donors (Lipinski definition) is 2. The molecule has 1 saturated heterocycles. The highest BCUT2D eigenvalue weighted by Crippen LogP contribution is 2.21. The monoisotopic (exact) mass is 478 g/mol. The molecule has 8 heteroatoms. The predicted octanol–water partition coefficient (Wildman–Crippen LogP) is 3.56. The van der Waals surface area contributed by atoms with E-state index in [2.05, 4.69) is 44.1 Å². The maximum atomic E-state index is 12.6. The van der Waals surface area contributed by atoms with Crippen LogP contribution >= 0.6 is 0 Å². The van der Waals surface area contributed by atoms with Crippen molar-refractivity contribution in [3.05, 3.63) is 90.0 Å². The number of piperazine rings is 1. The fourth-order valence-electron chi connectivity index (χ4n) is 4.02. The molecule has 3 aromatic rings. The quantitative estimate of drug-likeness (QED) is 0.517. The molecule has 178 valence electrons. The molecule has 0 saturated carbocycles. The van der Waals surface area contributed by atoms with Crippen LogP contribution in [-0.2, 0) is 16.6 Å². The van der Waals surface area contributed by atoms with Gasteiger partial charge in [-0.3, -0.25) is 9.69 Å². The van der Waals surface area contributed by atoms with Crippen LogP contribution in [0.2, 0.25) is 0 Å². The molecular formula is C26H30N4O3S. The topological polar surface area (TPSA) is 81.7 Å². The average molecular weight is 479 g/mol. The number of anilines is 2. The summed E-state index contributed by atoms with van der Waals surface area (Å²) < 4.78 is 26.5. The summed E-state index contributed by atoms with van der Waals surface area (Å²) in [7, 11) is -3.54. The lowest BCUT2D eigenvalue weighted by Gasteiger charge is -2.36. The molecule has 1 aliphatic heterocycles. The van der Waals surface area contributed by atoms with Gasteiger partial charge in [-0.1, -0.05) is 37.3 Å². The van der Waals surface area contributed by atoms with Crippen LogP contribution in [-0.4, -0.2) is 51.9 Å². The van der Waals surface area contributed by atoms with Gasteiger partial charge in [0.2, 0.25) is 10.0 Å². The van der Waals surface area contributed by atoms with Crippen molar-refractivity contribution in [1.82, 2.24) is 9.62 Å². The molecule has 0 spiro atoms. The van der Waals surface area contributed by atoms with E-state index < -0.39 is 10.0 Å². The average Bonchev–Trinajstić information content (AvgIpc) is 2.86. The fraction of sp³-hybridized carbons (Fsp3) is 0.269. The van der Waals surface area contributed by atoms with E-state index >= 15 is 0 Å². The van der Waals surface area contributed by atoms with Gasteiger partial charge < -0.3 is 10.2 Å². The van der Waals surface area contributed by atoms with Gasteiger partial charge in [-0.2, -0.15) is 0 Å². The summed E-state index contributed by atoms with van der Waals surface area (Å²) in [5, 5.41) is 2.88. The normalized spacial score (nSPS) is 14.7. The van der Waals surface area contributed by atoms with Gasteiger partial charge in [0, 0.05) is 56.2 Å². The Balaban J connectivity index is 1.30. The van der Waals surface area contributed by atoms with Crippen LogP contribution in [0.3, 0.4) is 0 Å². The molecule has 0 unspecified atom stereocenters. The Bertz CT molecular complexity index is 1190. The summed E-state index contributed by atoms with van der Waals surface area (Å²) in [6.45, 7) is 6.93. The van der Waals surface area contributed by atoms with Gasteiger partial charge >= 0.3 is 0 Å². The highest BCUT2D eigenvalue weighted by atomic mass is 32.2. The summed E-state index contributed by atoms with van der Waals surface area (Å²) in [6, 6.07) is 24.3. The zero-order valence-electron chi connectivity index (χ0n) is 19.3. The second-order valence-electron chi connectivity index (χ2n) is 8.28. The Morgan fingerprint density at radius 2 is 1.50 bits per heavy atom. The second-order valence-corrected chi connectivity index (χ2v) is 10.0. The van der Waals surface area contributed by atoms with E-state index in [4.69, 9.17) is 0 Å². The summed E-state index contributed by atoms with van der Waals surface area (Å²) in [4.78, 5) is 17.5. The third kappa shape index (κ3) is 6.02. The number of carbonyl (C=O) groups excluding carboxylic acids is 1. The number of nitrogens with one attached hydrogen (secondary N) is 2. The number of hydrogen-bond acceptors (Lipinski definition) is 5. The largest absolute Gasteiger partial charge is 0.369 e. The summed E-state index contributed by atoms with van der Waals surface area (Å²) >= 11 is 0. The van der Waals surface area contributed by atoms with E-state index in [9.17, 15) is 13.2 Å². The van der Waals surface area contributed by atoms with Crippen molar-refractivity contribution >= 4 is 27.3 Å². The number of nitrogens with zero attached hydrogens (tertiary/aromatic N) is 2. The van der Waals surface area contributed by atoms with E-state index in [-0.39, 0.29) is 10.8 Å². The smallest absolute Gasteiger partial charge is 0.255 e. The zero-order valence-corrected chi connectivity index (χ0v) is 20.1. The molecule has 1 heterocycles. The lowest BCUT2D eigenvalue weighted by atomic mass is 10.2. The lowest BCUT2D eigenvalue weighted by molar-refractivity contribution is 0.102. The molecule has 0 bridgehead atoms. The lowest BCUT2D eigenvalue weighted by Crippen LogP contribution is -2.45. The summed E-state index contributed by atoms with van der Waals surface area (Å²) in [6.07, 6.45) is 0. The van der Waals surface area contributed by atoms with Crippen LogP contribution in [0.1, 0.15) is 22.8 Å². The minimum Gasteiger partial charge on any atom is -0.369 e. The van der Waals surface area contributed by atoms with E-state index in [1.807, 2.05) is 30.3 Å². The number of sulfonamides is 1. The van der Waals surface area contributed by atoms with E-state index in [1.165, 1.54) is 29.8 Å².